The van der Waals surface area contributed by atoms with Crippen LogP contribution in [0.1, 0.15) is 37.8 Å². The number of thiophene rings is 1. The topological polar surface area (TPSA) is 61.4 Å². The molecule has 2 rings (SSSR count). The molecule has 1 atom stereocenters. The Bertz CT molecular complexity index is 455. The van der Waals surface area contributed by atoms with E-state index in [2.05, 4.69) is 27.0 Å². The summed E-state index contributed by atoms with van der Waals surface area (Å²) in [5, 5.41) is 9.53. The van der Waals surface area contributed by atoms with Gasteiger partial charge in [-0.15, -0.1) is 0 Å². The second-order valence-electron chi connectivity index (χ2n) is 5.28. The highest BCUT2D eigenvalue weighted by Gasteiger charge is 2.25. The molecule has 116 valence electrons. The summed E-state index contributed by atoms with van der Waals surface area (Å²) in [7, 11) is 0. The van der Waals surface area contributed by atoms with E-state index in [0.29, 0.717) is 13.1 Å². The van der Waals surface area contributed by atoms with Crippen molar-refractivity contribution in [1.29, 1.82) is 0 Å². The van der Waals surface area contributed by atoms with Crippen LogP contribution >= 0.6 is 11.3 Å². The van der Waals surface area contributed by atoms with Crippen molar-refractivity contribution in [2.45, 2.75) is 32.2 Å². The van der Waals surface area contributed by atoms with Crippen LogP contribution < -0.4 is 10.6 Å². The number of nitrogens with zero attached hydrogens (tertiary/aromatic N) is 1. The summed E-state index contributed by atoms with van der Waals surface area (Å²) < 4.78 is 0. The molecule has 1 fully saturated rings. The van der Waals surface area contributed by atoms with Gasteiger partial charge in [-0.25, -0.2) is 0 Å². The van der Waals surface area contributed by atoms with E-state index >= 15 is 0 Å². The van der Waals surface area contributed by atoms with Crippen LogP contribution in [0.5, 0.6) is 0 Å². The van der Waals surface area contributed by atoms with Crippen molar-refractivity contribution in [2.75, 3.05) is 26.2 Å². The minimum absolute atomic E-state index is 0.168. The van der Waals surface area contributed by atoms with Crippen LogP contribution in [0.2, 0.25) is 0 Å². The molecule has 1 aromatic heterocycles. The quantitative estimate of drug-likeness (QED) is 0.783. The molecule has 1 aliphatic heterocycles. The molecular formula is C15H23N3O2S. The second-order valence-corrected chi connectivity index (χ2v) is 6.06. The molecule has 6 heteroatoms. The minimum Gasteiger partial charge on any atom is -0.348 e. The van der Waals surface area contributed by atoms with Crippen molar-refractivity contribution in [3.8, 4) is 0 Å². The fourth-order valence-corrected chi connectivity index (χ4v) is 3.27. The lowest BCUT2D eigenvalue weighted by atomic mass is 10.1. The second kappa shape index (κ2) is 8.14. The van der Waals surface area contributed by atoms with Crippen LogP contribution in [0.4, 0.5) is 0 Å². The molecule has 2 N–H and O–H groups in total. The number of nitrogens with one attached hydrogen (secondary N) is 2. The number of rotatable bonds is 6. The molecule has 5 nitrogen and oxygen atoms in total. The number of likely N-dealkylation sites (tertiary alicyclic amines) is 1. The van der Waals surface area contributed by atoms with Crippen molar-refractivity contribution in [3.05, 3.63) is 22.4 Å². The fraction of sp³-hybridized carbons (Fsp3) is 0.600. The highest BCUT2D eigenvalue weighted by molar-refractivity contribution is 7.07. The molecule has 1 aromatic rings. The largest absolute Gasteiger partial charge is 0.348 e. The van der Waals surface area contributed by atoms with E-state index in [1.54, 1.807) is 11.3 Å². The SMILES string of the molecule is CCCNC(=O)C(=O)NCC(c1ccsc1)N1CCCC1. The van der Waals surface area contributed by atoms with Gasteiger partial charge in [0.25, 0.3) is 0 Å². The zero-order valence-electron chi connectivity index (χ0n) is 12.4. The number of carbonyl (C=O) groups excluding carboxylic acids is 2. The fourth-order valence-electron chi connectivity index (χ4n) is 2.56. The lowest BCUT2D eigenvalue weighted by Crippen LogP contribution is -2.43. The van der Waals surface area contributed by atoms with E-state index in [1.807, 2.05) is 12.3 Å². The summed E-state index contributed by atoms with van der Waals surface area (Å²) in [5.74, 6) is -1.08. The lowest BCUT2D eigenvalue weighted by Gasteiger charge is -2.27. The van der Waals surface area contributed by atoms with Gasteiger partial charge < -0.3 is 10.6 Å². The van der Waals surface area contributed by atoms with Crippen LogP contribution in [0.15, 0.2) is 16.8 Å². The summed E-state index contributed by atoms with van der Waals surface area (Å²) in [6, 6.07) is 2.26. The maximum absolute atomic E-state index is 11.8. The van der Waals surface area contributed by atoms with Crippen molar-refractivity contribution in [1.82, 2.24) is 15.5 Å². The first-order valence-electron chi connectivity index (χ1n) is 7.54. The van der Waals surface area contributed by atoms with E-state index in [9.17, 15) is 9.59 Å². The highest BCUT2D eigenvalue weighted by atomic mass is 32.1. The molecule has 1 saturated heterocycles. The Morgan fingerprint density at radius 2 is 2.00 bits per heavy atom. The molecule has 0 aromatic carbocycles. The maximum Gasteiger partial charge on any atom is 0.309 e. The van der Waals surface area contributed by atoms with Gasteiger partial charge in [-0.1, -0.05) is 6.92 Å². The van der Waals surface area contributed by atoms with Gasteiger partial charge in [0.05, 0.1) is 6.04 Å². The highest BCUT2D eigenvalue weighted by Crippen LogP contribution is 2.26. The molecule has 0 spiro atoms. The van der Waals surface area contributed by atoms with E-state index in [1.165, 1.54) is 18.4 Å². The van der Waals surface area contributed by atoms with Crippen LogP contribution in [0.3, 0.4) is 0 Å². The molecule has 1 unspecified atom stereocenters. The Balaban J connectivity index is 1.90. The summed E-state index contributed by atoms with van der Waals surface area (Å²) in [4.78, 5) is 25.8. The molecule has 0 radical (unpaired) electrons. The monoisotopic (exact) mass is 309 g/mol. The Morgan fingerprint density at radius 1 is 1.29 bits per heavy atom. The Morgan fingerprint density at radius 3 is 2.62 bits per heavy atom. The Labute approximate surface area is 129 Å². The van der Waals surface area contributed by atoms with Crippen molar-refractivity contribution < 1.29 is 9.59 Å². The van der Waals surface area contributed by atoms with E-state index in [-0.39, 0.29) is 6.04 Å². The van der Waals surface area contributed by atoms with Gasteiger partial charge in [0.2, 0.25) is 0 Å². The average molecular weight is 309 g/mol. The van der Waals surface area contributed by atoms with Crippen LogP contribution in [0.25, 0.3) is 0 Å². The van der Waals surface area contributed by atoms with Gasteiger partial charge in [-0.3, -0.25) is 14.5 Å². The van der Waals surface area contributed by atoms with Crippen molar-refractivity contribution >= 4 is 23.2 Å². The molecule has 0 bridgehead atoms. The molecule has 2 amide bonds. The summed E-state index contributed by atoms with van der Waals surface area (Å²) in [5.41, 5.74) is 1.22. The van der Waals surface area contributed by atoms with Gasteiger partial charge in [0, 0.05) is 13.1 Å². The normalized spacial score (nSPS) is 16.6. The van der Waals surface area contributed by atoms with E-state index < -0.39 is 11.8 Å². The van der Waals surface area contributed by atoms with E-state index in [4.69, 9.17) is 0 Å². The average Bonchev–Trinajstić information content (AvgIpc) is 3.18. The molecule has 0 saturated carbocycles. The lowest BCUT2D eigenvalue weighted by molar-refractivity contribution is -0.139. The van der Waals surface area contributed by atoms with Gasteiger partial charge in [0.1, 0.15) is 0 Å². The minimum atomic E-state index is -0.539. The summed E-state index contributed by atoms with van der Waals surface area (Å²) in [6.07, 6.45) is 3.22. The zero-order valence-corrected chi connectivity index (χ0v) is 13.2. The predicted octanol–water partition coefficient (Wildman–Crippen LogP) is 1.53. The smallest absolute Gasteiger partial charge is 0.309 e. The van der Waals surface area contributed by atoms with Gasteiger partial charge in [-0.2, -0.15) is 11.3 Å². The van der Waals surface area contributed by atoms with Gasteiger partial charge in [-0.05, 0) is 54.7 Å². The number of hydrogen-bond acceptors (Lipinski definition) is 4. The Kier molecular flexibility index (Phi) is 6.20. The van der Waals surface area contributed by atoms with Crippen molar-refractivity contribution in [2.24, 2.45) is 0 Å². The molecule has 21 heavy (non-hydrogen) atoms. The third-order valence-corrected chi connectivity index (χ3v) is 4.41. The standard InChI is InChI=1S/C15H23N3O2S/c1-2-6-16-14(19)15(20)17-10-13(12-5-9-21-11-12)18-7-3-4-8-18/h5,9,11,13H,2-4,6-8,10H2,1H3,(H,16,19)(H,17,20). The van der Waals surface area contributed by atoms with Crippen molar-refractivity contribution in [3.63, 3.8) is 0 Å². The van der Waals surface area contributed by atoms with E-state index in [0.717, 1.165) is 19.5 Å². The van der Waals surface area contributed by atoms with Gasteiger partial charge in [0.15, 0.2) is 0 Å². The third-order valence-electron chi connectivity index (χ3n) is 3.71. The van der Waals surface area contributed by atoms with Crippen LogP contribution in [0, 0.1) is 0 Å². The zero-order chi connectivity index (χ0) is 15.1. The summed E-state index contributed by atoms with van der Waals surface area (Å²) in [6.45, 7) is 5.08. The molecule has 1 aliphatic rings. The first-order valence-corrected chi connectivity index (χ1v) is 8.48. The number of amides is 2. The van der Waals surface area contributed by atoms with Gasteiger partial charge >= 0.3 is 11.8 Å². The first kappa shape index (κ1) is 16.0. The molecule has 0 aliphatic carbocycles. The third kappa shape index (κ3) is 4.54. The number of carbonyl (C=O) groups is 2. The first-order chi connectivity index (χ1) is 10.2. The maximum atomic E-state index is 11.8. The van der Waals surface area contributed by atoms with Crippen LogP contribution in [-0.4, -0.2) is 42.9 Å². The number of hydrogen-bond donors (Lipinski definition) is 2. The molecular weight excluding hydrogens is 286 g/mol. The predicted molar refractivity (Wildman–Crippen MR) is 84.2 cm³/mol. The van der Waals surface area contributed by atoms with Crippen LogP contribution in [-0.2, 0) is 9.59 Å². The Hall–Kier alpha value is -1.40. The molecule has 2 heterocycles. The summed E-state index contributed by atoms with van der Waals surface area (Å²) >= 11 is 1.66.